The van der Waals surface area contributed by atoms with Crippen molar-refractivity contribution in [2.45, 2.75) is 57.7 Å². The maximum atomic E-state index is 14.1. The van der Waals surface area contributed by atoms with E-state index in [2.05, 4.69) is 15.4 Å². The Bertz CT molecular complexity index is 1010. The average Bonchev–Trinajstić information content (AvgIpc) is 3.51. The Balaban J connectivity index is 1.57. The zero-order valence-electron chi connectivity index (χ0n) is 19.0. The van der Waals surface area contributed by atoms with E-state index >= 15 is 0 Å². The van der Waals surface area contributed by atoms with Crippen molar-refractivity contribution in [3.63, 3.8) is 0 Å². The van der Waals surface area contributed by atoms with E-state index in [0.717, 1.165) is 50.8 Å². The fraction of sp³-hybridized carbons (Fsp3) is 0.542. The first-order valence-electron chi connectivity index (χ1n) is 11.6. The van der Waals surface area contributed by atoms with Crippen LogP contribution in [0.1, 0.15) is 55.9 Å². The third kappa shape index (κ3) is 4.93. The van der Waals surface area contributed by atoms with Crippen molar-refractivity contribution in [1.82, 2.24) is 20.3 Å². The summed E-state index contributed by atoms with van der Waals surface area (Å²) in [6.07, 6.45) is 5.54. The molecule has 1 aliphatic heterocycles. The number of aromatic nitrogens is 1. The lowest BCUT2D eigenvalue weighted by Gasteiger charge is -2.44. The predicted molar refractivity (Wildman–Crippen MR) is 118 cm³/mol. The summed E-state index contributed by atoms with van der Waals surface area (Å²) in [6.45, 7) is 3.34. The number of amides is 2. The minimum absolute atomic E-state index is 0.0132. The molecule has 1 aliphatic carbocycles. The first-order chi connectivity index (χ1) is 15.9. The summed E-state index contributed by atoms with van der Waals surface area (Å²) in [5.41, 5.74) is 0.00605. The number of nitrogens with one attached hydrogen (secondary N) is 1. The summed E-state index contributed by atoms with van der Waals surface area (Å²) in [7, 11) is 1.77. The van der Waals surface area contributed by atoms with E-state index in [1.165, 1.54) is 12.1 Å². The second-order valence-corrected chi connectivity index (χ2v) is 8.90. The van der Waals surface area contributed by atoms with Gasteiger partial charge in [-0.3, -0.25) is 14.5 Å². The van der Waals surface area contributed by atoms with Gasteiger partial charge in [0.25, 0.3) is 5.91 Å². The quantitative estimate of drug-likeness (QED) is 0.709. The predicted octanol–water partition coefficient (Wildman–Crippen LogP) is 3.81. The lowest BCUT2D eigenvalue weighted by molar-refractivity contribution is -0.139. The average molecular weight is 461 g/mol. The van der Waals surface area contributed by atoms with E-state index in [-0.39, 0.29) is 28.8 Å². The molecule has 0 radical (unpaired) electrons. The van der Waals surface area contributed by atoms with Crippen molar-refractivity contribution in [1.29, 1.82) is 0 Å². The fourth-order valence-corrected chi connectivity index (χ4v) is 4.96. The molecule has 4 rings (SSSR count). The lowest BCUT2D eigenvalue weighted by atomic mass is 9.90. The largest absolute Gasteiger partial charge is 0.355 e. The Kier molecular flexibility index (Phi) is 7.07. The summed E-state index contributed by atoms with van der Waals surface area (Å²) in [6, 6.07) is 4.77. The van der Waals surface area contributed by atoms with Crippen LogP contribution >= 0.6 is 0 Å². The molecule has 1 N–H and O–H groups in total. The van der Waals surface area contributed by atoms with Gasteiger partial charge in [0, 0.05) is 38.3 Å². The van der Waals surface area contributed by atoms with Gasteiger partial charge in [0.15, 0.2) is 11.5 Å². The summed E-state index contributed by atoms with van der Waals surface area (Å²) in [5, 5.41) is 6.83. The van der Waals surface area contributed by atoms with Crippen molar-refractivity contribution in [2.75, 3.05) is 20.1 Å². The number of hydrogen-bond donors (Lipinski definition) is 1. The second-order valence-electron chi connectivity index (χ2n) is 8.90. The number of rotatable bonds is 6. The van der Waals surface area contributed by atoms with E-state index in [9.17, 15) is 18.4 Å². The van der Waals surface area contributed by atoms with Crippen molar-refractivity contribution >= 4 is 11.8 Å². The smallest absolute Gasteiger partial charge is 0.274 e. The molecular formula is C24H30F2N4O3. The Morgan fingerprint density at radius 3 is 2.64 bits per heavy atom. The van der Waals surface area contributed by atoms with Crippen LogP contribution in [0.5, 0.6) is 0 Å². The van der Waals surface area contributed by atoms with E-state index in [0.29, 0.717) is 19.0 Å². The number of benzene rings is 1. The van der Waals surface area contributed by atoms with Gasteiger partial charge in [0.1, 0.15) is 11.6 Å². The van der Waals surface area contributed by atoms with Crippen LogP contribution in [-0.2, 0) is 4.79 Å². The molecule has 1 saturated carbocycles. The molecule has 1 aromatic heterocycles. The molecule has 1 aromatic carbocycles. The number of piperidine rings is 1. The highest BCUT2D eigenvalue weighted by atomic mass is 19.1. The lowest BCUT2D eigenvalue weighted by Crippen LogP contribution is -2.61. The van der Waals surface area contributed by atoms with Crippen molar-refractivity contribution in [3.05, 3.63) is 41.6 Å². The molecule has 33 heavy (non-hydrogen) atoms. The molecule has 2 fully saturated rings. The van der Waals surface area contributed by atoms with Crippen LogP contribution in [-0.4, -0.2) is 59.1 Å². The highest BCUT2D eigenvalue weighted by Crippen LogP contribution is 2.32. The monoisotopic (exact) mass is 460 g/mol. The van der Waals surface area contributed by atoms with Gasteiger partial charge >= 0.3 is 0 Å². The molecule has 1 saturated heterocycles. The van der Waals surface area contributed by atoms with Gasteiger partial charge in [-0.1, -0.05) is 18.0 Å². The van der Waals surface area contributed by atoms with Crippen molar-refractivity contribution in [2.24, 2.45) is 5.92 Å². The highest BCUT2D eigenvalue weighted by Gasteiger charge is 2.41. The number of likely N-dealkylation sites (tertiary alicyclic amines) is 1. The standard InChI is InChI=1S/C24H30F2N4O3/c1-3-29(2)24(32)18-9-6-12-30(16-7-4-5-8-16)22(18)27-23(31)20-14-21(33-28-20)17-11-10-15(25)13-19(17)26/h10-11,13-14,16,18,22H,3-9,12H2,1-2H3,(H,27,31)/t18-,22?/m1/s1. The Morgan fingerprint density at radius 1 is 1.18 bits per heavy atom. The maximum Gasteiger partial charge on any atom is 0.274 e. The van der Waals surface area contributed by atoms with Crippen LogP contribution in [0.2, 0.25) is 0 Å². The molecule has 2 atom stereocenters. The minimum atomic E-state index is -0.800. The van der Waals surface area contributed by atoms with Gasteiger partial charge in [-0.05, 0) is 44.7 Å². The zero-order chi connectivity index (χ0) is 23.5. The summed E-state index contributed by atoms with van der Waals surface area (Å²) < 4.78 is 32.5. The van der Waals surface area contributed by atoms with Crippen LogP contribution < -0.4 is 5.32 Å². The second kappa shape index (κ2) is 9.99. The van der Waals surface area contributed by atoms with Crippen LogP contribution in [0.15, 0.2) is 28.8 Å². The van der Waals surface area contributed by atoms with Crippen LogP contribution in [0, 0.1) is 17.6 Å². The van der Waals surface area contributed by atoms with Crippen LogP contribution in [0.25, 0.3) is 11.3 Å². The van der Waals surface area contributed by atoms with Gasteiger partial charge in [-0.25, -0.2) is 8.78 Å². The van der Waals surface area contributed by atoms with E-state index in [4.69, 9.17) is 4.52 Å². The Labute approximate surface area is 192 Å². The van der Waals surface area contributed by atoms with Crippen LogP contribution in [0.4, 0.5) is 8.78 Å². The summed E-state index contributed by atoms with van der Waals surface area (Å²) >= 11 is 0. The topological polar surface area (TPSA) is 78.7 Å². The fourth-order valence-electron chi connectivity index (χ4n) is 4.96. The number of halogens is 2. The Morgan fingerprint density at radius 2 is 1.94 bits per heavy atom. The SMILES string of the molecule is CCN(C)C(=O)[C@@H]1CCCN(C2CCCC2)C1NC(=O)c1cc(-c2ccc(F)cc2F)on1. The minimum Gasteiger partial charge on any atom is -0.355 e. The molecule has 2 heterocycles. The number of carbonyl (C=O) groups is 2. The molecular weight excluding hydrogens is 430 g/mol. The third-order valence-corrected chi connectivity index (χ3v) is 6.85. The summed E-state index contributed by atoms with van der Waals surface area (Å²) in [4.78, 5) is 30.2. The number of nitrogens with zero attached hydrogens (tertiary/aromatic N) is 3. The van der Waals surface area contributed by atoms with Crippen LogP contribution in [0.3, 0.4) is 0 Å². The van der Waals surface area contributed by atoms with Gasteiger partial charge < -0.3 is 14.7 Å². The van der Waals surface area contributed by atoms with Gasteiger partial charge in [0.2, 0.25) is 5.91 Å². The molecule has 0 spiro atoms. The van der Waals surface area contributed by atoms with Crippen molar-refractivity contribution in [3.8, 4) is 11.3 Å². The first kappa shape index (κ1) is 23.4. The molecule has 2 amide bonds. The number of hydrogen-bond acceptors (Lipinski definition) is 5. The molecule has 9 heteroatoms. The van der Waals surface area contributed by atoms with Crippen molar-refractivity contribution < 1.29 is 22.9 Å². The third-order valence-electron chi connectivity index (χ3n) is 6.85. The first-order valence-corrected chi connectivity index (χ1v) is 11.6. The normalized spacial score (nSPS) is 21.8. The van der Waals surface area contributed by atoms with E-state index in [1.54, 1.807) is 11.9 Å². The molecule has 2 aliphatic rings. The van der Waals surface area contributed by atoms with Gasteiger partial charge in [0.05, 0.1) is 17.6 Å². The van der Waals surface area contributed by atoms with Gasteiger partial charge in [-0.2, -0.15) is 0 Å². The molecule has 1 unspecified atom stereocenters. The highest BCUT2D eigenvalue weighted by molar-refractivity contribution is 5.93. The Hall–Kier alpha value is -2.81. The van der Waals surface area contributed by atoms with E-state index in [1.807, 2.05) is 6.92 Å². The van der Waals surface area contributed by atoms with E-state index < -0.39 is 23.7 Å². The molecule has 0 bridgehead atoms. The molecule has 178 valence electrons. The summed E-state index contributed by atoms with van der Waals surface area (Å²) in [5.74, 6) is -2.29. The molecule has 7 nitrogen and oxygen atoms in total. The number of carbonyl (C=O) groups excluding carboxylic acids is 2. The van der Waals surface area contributed by atoms with Gasteiger partial charge in [-0.15, -0.1) is 0 Å². The zero-order valence-corrected chi connectivity index (χ0v) is 19.0. The maximum absolute atomic E-state index is 14.1. The molecule has 2 aromatic rings.